The second-order valence-electron chi connectivity index (χ2n) is 9.75. The number of rotatable bonds is 22. The third-order valence-electron chi connectivity index (χ3n) is 6.23. The lowest BCUT2D eigenvalue weighted by atomic mass is 10.1. The average Bonchev–Trinajstić information content (AvgIpc) is 2.64. The van der Waals surface area contributed by atoms with Crippen molar-refractivity contribution in [1.29, 1.82) is 0 Å². The van der Waals surface area contributed by atoms with Crippen LogP contribution in [0.25, 0.3) is 0 Å². The summed E-state index contributed by atoms with van der Waals surface area (Å²) in [5.74, 6) is 0. The highest BCUT2D eigenvalue weighted by atomic mass is 35.5. The van der Waals surface area contributed by atoms with Crippen molar-refractivity contribution in [2.75, 3.05) is 27.2 Å². The van der Waals surface area contributed by atoms with Gasteiger partial charge in [-0.2, -0.15) is 0 Å². The fraction of sp³-hybridized carbons (Fsp3) is 1.00. The molecule has 0 spiro atoms. The lowest BCUT2D eigenvalue weighted by Crippen LogP contribution is -3.00. The van der Waals surface area contributed by atoms with Crippen molar-refractivity contribution in [2.24, 2.45) is 0 Å². The molecular weight excluding hydrogens is 362 g/mol. The number of hydrogen-bond donors (Lipinski definition) is 0. The number of nitrogens with zero attached hydrogens (tertiary/aromatic N) is 1. The Bertz CT molecular complexity index is 252. The Hall–Kier alpha value is 0.250. The number of quaternary nitrogens is 1. The molecule has 0 amide bonds. The second-order valence-corrected chi connectivity index (χ2v) is 9.75. The zero-order valence-corrected chi connectivity index (χ0v) is 21.1. The van der Waals surface area contributed by atoms with Crippen molar-refractivity contribution >= 4 is 0 Å². The van der Waals surface area contributed by atoms with Gasteiger partial charge in [0.1, 0.15) is 0 Å². The van der Waals surface area contributed by atoms with Gasteiger partial charge in [0.2, 0.25) is 0 Å². The minimum atomic E-state index is 0. The van der Waals surface area contributed by atoms with Gasteiger partial charge in [-0.3, -0.25) is 0 Å². The molecule has 0 unspecified atom stereocenters. The first kappa shape index (κ1) is 30.4. The molecule has 0 aromatic carbocycles. The van der Waals surface area contributed by atoms with Gasteiger partial charge in [-0.05, 0) is 25.7 Å². The molecule has 28 heavy (non-hydrogen) atoms. The number of halogens is 1. The van der Waals surface area contributed by atoms with Crippen LogP contribution in [0, 0.1) is 0 Å². The highest BCUT2D eigenvalue weighted by Crippen LogP contribution is 2.14. The van der Waals surface area contributed by atoms with Gasteiger partial charge < -0.3 is 16.9 Å². The van der Waals surface area contributed by atoms with Gasteiger partial charge in [0.25, 0.3) is 0 Å². The summed E-state index contributed by atoms with van der Waals surface area (Å²) in [5.41, 5.74) is 0. The molecule has 2 heteroatoms. The summed E-state index contributed by atoms with van der Waals surface area (Å²) >= 11 is 0. The van der Waals surface area contributed by atoms with Crippen molar-refractivity contribution in [2.45, 2.75) is 142 Å². The summed E-state index contributed by atoms with van der Waals surface area (Å²) in [5, 5.41) is 0. The molecule has 1 nitrogen and oxygen atoms in total. The van der Waals surface area contributed by atoms with Gasteiger partial charge in [-0.25, -0.2) is 0 Å². The maximum absolute atomic E-state index is 2.45. The standard InChI is InChI=1S/C26H56N.ClH/c1-5-7-9-11-13-15-17-19-21-23-25-27(3,4)26-24-22-20-18-16-14-12-10-8-6-2;/h5-26H2,1-4H3;1H/q+1;/p-1. The summed E-state index contributed by atoms with van der Waals surface area (Å²) in [6, 6.07) is 0. The lowest BCUT2D eigenvalue weighted by Gasteiger charge is -2.30. The van der Waals surface area contributed by atoms with Crippen molar-refractivity contribution in [3.8, 4) is 0 Å². The summed E-state index contributed by atoms with van der Waals surface area (Å²) in [6.07, 6.45) is 29.0. The first-order valence-electron chi connectivity index (χ1n) is 12.9. The Balaban J connectivity index is 0. The molecule has 0 fully saturated rings. The number of unbranched alkanes of at least 4 members (excludes halogenated alkanes) is 18. The third-order valence-corrected chi connectivity index (χ3v) is 6.23. The van der Waals surface area contributed by atoms with Gasteiger partial charge in [0, 0.05) is 0 Å². The first-order chi connectivity index (χ1) is 13.1. The van der Waals surface area contributed by atoms with E-state index in [-0.39, 0.29) is 12.4 Å². The zero-order chi connectivity index (χ0) is 20.1. The second kappa shape index (κ2) is 23.5. The fourth-order valence-electron chi connectivity index (χ4n) is 4.17. The third kappa shape index (κ3) is 24.3. The van der Waals surface area contributed by atoms with Gasteiger partial charge >= 0.3 is 0 Å². The van der Waals surface area contributed by atoms with Crippen LogP contribution in [0.3, 0.4) is 0 Å². The highest BCUT2D eigenvalue weighted by molar-refractivity contribution is 4.50. The van der Waals surface area contributed by atoms with Crippen molar-refractivity contribution < 1.29 is 16.9 Å². The summed E-state index contributed by atoms with van der Waals surface area (Å²) < 4.78 is 1.24. The van der Waals surface area contributed by atoms with E-state index in [9.17, 15) is 0 Å². The van der Waals surface area contributed by atoms with E-state index in [1.165, 1.54) is 146 Å². The Labute approximate surface area is 186 Å². The quantitative estimate of drug-likeness (QED) is 0.152. The van der Waals surface area contributed by atoms with E-state index >= 15 is 0 Å². The van der Waals surface area contributed by atoms with Crippen LogP contribution in [-0.4, -0.2) is 31.7 Å². The predicted octanol–water partition coefficient (Wildman–Crippen LogP) is 5.91. The number of hydrogen-bond acceptors (Lipinski definition) is 0. The fourth-order valence-corrected chi connectivity index (χ4v) is 4.17. The molecule has 0 radical (unpaired) electrons. The molecule has 0 bridgehead atoms. The van der Waals surface area contributed by atoms with E-state index in [2.05, 4.69) is 27.9 Å². The average molecular weight is 418 g/mol. The lowest BCUT2D eigenvalue weighted by molar-refractivity contribution is -0.890. The van der Waals surface area contributed by atoms with Gasteiger partial charge in [-0.1, -0.05) is 117 Å². The Morgan fingerprint density at radius 3 is 0.821 bits per heavy atom. The molecule has 0 saturated heterocycles. The summed E-state index contributed by atoms with van der Waals surface area (Å²) in [7, 11) is 4.89. The maximum Gasteiger partial charge on any atom is 0.0782 e. The zero-order valence-electron chi connectivity index (χ0n) is 20.4. The highest BCUT2D eigenvalue weighted by Gasteiger charge is 2.13. The SMILES string of the molecule is CCCCCCCCCCCC[N+](C)(C)CCCCCCCCCCCC.[Cl-]. The molecule has 0 rings (SSSR count). The van der Waals surface area contributed by atoms with E-state index in [0.717, 1.165) is 0 Å². The summed E-state index contributed by atoms with van der Waals surface area (Å²) in [4.78, 5) is 0. The van der Waals surface area contributed by atoms with Crippen molar-refractivity contribution in [1.82, 2.24) is 0 Å². The smallest absolute Gasteiger partial charge is 0.0782 e. The van der Waals surface area contributed by atoms with E-state index in [0.29, 0.717) is 0 Å². The van der Waals surface area contributed by atoms with Crippen LogP contribution >= 0.6 is 0 Å². The predicted molar refractivity (Wildman–Crippen MR) is 126 cm³/mol. The Morgan fingerprint density at radius 2 is 0.571 bits per heavy atom. The largest absolute Gasteiger partial charge is 1.00 e. The Kier molecular flexibility index (Phi) is 25.6. The minimum Gasteiger partial charge on any atom is -1.00 e. The molecule has 0 aromatic heterocycles. The molecule has 0 saturated carbocycles. The molecule has 0 aliphatic rings. The maximum atomic E-state index is 2.45. The molecule has 0 atom stereocenters. The molecule has 0 aliphatic carbocycles. The monoisotopic (exact) mass is 417 g/mol. The topological polar surface area (TPSA) is 0 Å². The molecule has 0 aromatic rings. The van der Waals surface area contributed by atoms with Crippen LogP contribution in [0.15, 0.2) is 0 Å². The van der Waals surface area contributed by atoms with Crippen molar-refractivity contribution in [3.63, 3.8) is 0 Å². The minimum absolute atomic E-state index is 0. The van der Waals surface area contributed by atoms with E-state index in [1.807, 2.05) is 0 Å². The van der Waals surface area contributed by atoms with Gasteiger partial charge in [0.15, 0.2) is 0 Å². The molecular formula is C26H56ClN. The van der Waals surface area contributed by atoms with Crippen LogP contribution in [-0.2, 0) is 0 Å². The van der Waals surface area contributed by atoms with E-state index in [4.69, 9.17) is 0 Å². The molecule has 0 aliphatic heterocycles. The van der Waals surface area contributed by atoms with Crippen LogP contribution in [0.1, 0.15) is 142 Å². The molecule has 0 N–H and O–H groups in total. The molecule has 0 heterocycles. The summed E-state index contributed by atoms with van der Waals surface area (Å²) in [6.45, 7) is 7.37. The van der Waals surface area contributed by atoms with E-state index in [1.54, 1.807) is 0 Å². The van der Waals surface area contributed by atoms with Gasteiger partial charge in [0.05, 0.1) is 27.2 Å². The Morgan fingerprint density at radius 1 is 0.357 bits per heavy atom. The van der Waals surface area contributed by atoms with Crippen LogP contribution in [0.5, 0.6) is 0 Å². The van der Waals surface area contributed by atoms with Gasteiger partial charge in [-0.15, -0.1) is 0 Å². The normalized spacial score (nSPS) is 11.6. The molecule has 172 valence electrons. The van der Waals surface area contributed by atoms with Crippen LogP contribution < -0.4 is 12.4 Å². The van der Waals surface area contributed by atoms with E-state index < -0.39 is 0 Å². The van der Waals surface area contributed by atoms with Crippen LogP contribution in [0.2, 0.25) is 0 Å². The van der Waals surface area contributed by atoms with Crippen molar-refractivity contribution in [3.05, 3.63) is 0 Å². The van der Waals surface area contributed by atoms with Crippen LogP contribution in [0.4, 0.5) is 0 Å². The first-order valence-corrected chi connectivity index (χ1v) is 12.9.